The maximum atomic E-state index is 12.2. The van der Waals surface area contributed by atoms with E-state index >= 15 is 0 Å². The molecule has 7 nitrogen and oxygen atoms in total. The molecular formula is C16H21NO6. The van der Waals surface area contributed by atoms with Crippen molar-refractivity contribution in [3.63, 3.8) is 0 Å². The van der Waals surface area contributed by atoms with Gasteiger partial charge in [0.1, 0.15) is 17.1 Å². The fourth-order valence-electron chi connectivity index (χ4n) is 2.34. The van der Waals surface area contributed by atoms with Gasteiger partial charge < -0.3 is 24.3 Å². The number of amides is 1. The molecule has 0 unspecified atom stereocenters. The first-order valence-electron chi connectivity index (χ1n) is 7.42. The molecular weight excluding hydrogens is 302 g/mol. The van der Waals surface area contributed by atoms with Gasteiger partial charge in [0.05, 0.1) is 20.3 Å². The molecule has 1 amide bonds. The molecule has 1 aliphatic heterocycles. The number of esters is 1. The van der Waals surface area contributed by atoms with E-state index in [1.54, 1.807) is 18.2 Å². The largest absolute Gasteiger partial charge is 0.496 e. The molecule has 1 atom stereocenters. The second-order valence-electron chi connectivity index (χ2n) is 5.05. The van der Waals surface area contributed by atoms with Crippen LogP contribution in [0.25, 0.3) is 0 Å². The third-order valence-electron chi connectivity index (χ3n) is 3.52. The van der Waals surface area contributed by atoms with Crippen molar-refractivity contribution < 1.29 is 28.5 Å². The lowest BCUT2D eigenvalue weighted by atomic mass is 10.2. The van der Waals surface area contributed by atoms with Crippen LogP contribution in [0.3, 0.4) is 0 Å². The highest BCUT2D eigenvalue weighted by atomic mass is 16.5. The molecule has 1 heterocycles. The fourth-order valence-corrected chi connectivity index (χ4v) is 2.34. The molecule has 1 aliphatic rings. The van der Waals surface area contributed by atoms with E-state index in [4.69, 9.17) is 18.9 Å². The van der Waals surface area contributed by atoms with Crippen LogP contribution >= 0.6 is 0 Å². The van der Waals surface area contributed by atoms with Gasteiger partial charge in [0, 0.05) is 13.2 Å². The first kappa shape index (κ1) is 17.1. The van der Waals surface area contributed by atoms with E-state index in [9.17, 15) is 9.59 Å². The van der Waals surface area contributed by atoms with E-state index in [1.807, 2.05) is 0 Å². The number of benzene rings is 1. The monoisotopic (exact) mass is 323 g/mol. The highest BCUT2D eigenvalue weighted by Crippen LogP contribution is 2.28. The summed E-state index contributed by atoms with van der Waals surface area (Å²) in [5.74, 6) is -0.391. The average molecular weight is 323 g/mol. The van der Waals surface area contributed by atoms with Gasteiger partial charge in [0.2, 0.25) is 0 Å². The number of hydrogen-bond donors (Lipinski definition) is 1. The molecule has 126 valence electrons. The molecule has 0 aromatic heterocycles. The average Bonchev–Trinajstić information content (AvgIpc) is 3.10. The summed E-state index contributed by atoms with van der Waals surface area (Å²) in [5, 5.41) is 2.68. The Balaban J connectivity index is 1.87. The van der Waals surface area contributed by atoms with Gasteiger partial charge in [0.25, 0.3) is 5.91 Å². The van der Waals surface area contributed by atoms with Crippen molar-refractivity contribution in [3.8, 4) is 11.5 Å². The Morgan fingerprint density at radius 1 is 1.26 bits per heavy atom. The molecule has 1 fully saturated rings. The van der Waals surface area contributed by atoms with Crippen molar-refractivity contribution in [1.29, 1.82) is 0 Å². The number of ether oxygens (including phenoxy) is 4. The first-order valence-corrected chi connectivity index (χ1v) is 7.42. The molecule has 0 spiro atoms. The van der Waals surface area contributed by atoms with Crippen LogP contribution in [-0.2, 0) is 14.3 Å². The van der Waals surface area contributed by atoms with Crippen LogP contribution in [0.5, 0.6) is 11.5 Å². The van der Waals surface area contributed by atoms with Crippen molar-refractivity contribution in [2.75, 3.05) is 34.0 Å². The number of rotatable bonds is 7. The predicted molar refractivity (Wildman–Crippen MR) is 81.8 cm³/mol. The zero-order valence-electron chi connectivity index (χ0n) is 13.3. The number of carbonyl (C=O) groups excluding carboxylic acids is 2. The molecule has 0 radical (unpaired) electrons. The highest BCUT2D eigenvalue weighted by Gasteiger charge is 2.21. The second-order valence-corrected chi connectivity index (χ2v) is 5.05. The first-order chi connectivity index (χ1) is 11.2. The van der Waals surface area contributed by atoms with E-state index in [-0.39, 0.29) is 24.2 Å². The maximum Gasteiger partial charge on any atom is 0.346 e. The number of carbonyl (C=O) groups is 2. The van der Waals surface area contributed by atoms with Gasteiger partial charge in [-0.2, -0.15) is 0 Å². The maximum absolute atomic E-state index is 12.2. The Bertz CT molecular complexity index is 531. The minimum absolute atomic E-state index is 0.0453. The summed E-state index contributed by atoms with van der Waals surface area (Å²) in [6.07, 6.45) is 1.98. The Labute approximate surface area is 134 Å². The SMILES string of the molecule is COc1cccc(OC)c1C(=O)OCC(=O)NC[C@H]1CCCO1. The third-order valence-corrected chi connectivity index (χ3v) is 3.52. The smallest absolute Gasteiger partial charge is 0.346 e. The van der Waals surface area contributed by atoms with Crippen LogP contribution < -0.4 is 14.8 Å². The molecule has 23 heavy (non-hydrogen) atoms. The van der Waals surface area contributed by atoms with Crippen LogP contribution in [0.15, 0.2) is 18.2 Å². The minimum Gasteiger partial charge on any atom is -0.496 e. The summed E-state index contributed by atoms with van der Waals surface area (Å²) >= 11 is 0. The number of hydrogen-bond acceptors (Lipinski definition) is 6. The Hall–Kier alpha value is -2.28. The minimum atomic E-state index is -0.674. The van der Waals surface area contributed by atoms with Gasteiger partial charge >= 0.3 is 5.97 Å². The zero-order chi connectivity index (χ0) is 16.7. The van der Waals surface area contributed by atoms with Crippen molar-refractivity contribution in [1.82, 2.24) is 5.32 Å². The highest BCUT2D eigenvalue weighted by molar-refractivity contribution is 5.96. The lowest BCUT2D eigenvalue weighted by molar-refractivity contribution is -0.124. The van der Waals surface area contributed by atoms with E-state index in [1.165, 1.54) is 14.2 Å². The van der Waals surface area contributed by atoms with E-state index in [0.29, 0.717) is 18.0 Å². The summed E-state index contributed by atoms with van der Waals surface area (Å²) in [6, 6.07) is 4.94. The van der Waals surface area contributed by atoms with Gasteiger partial charge in [-0.15, -0.1) is 0 Å². The molecule has 1 aromatic rings. The number of nitrogens with one attached hydrogen (secondary N) is 1. The normalized spacial score (nSPS) is 16.7. The van der Waals surface area contributed by atoms with Gasteiger partial charge in [-0.1, -0.05) is 6.07 Å². The quantitative estimate of drug-likeness (QED) is 0.758. The Morgan fingerprint density at radius 3 is 2.52 bits per heavy atom. The van der Waals surface area contributed by atoms with Gasteiger partial charge in [-0.25, -0.2) is 4.79 Å². The number of methoxy groups -OCH3 is 2. The summed E-state index contributed by atoms with van der Waals surface area (Å²) < 4.78 is 20.7. The molecule has 1 saturated heterocycles. The van der Waals surface area contributed by atoms with Crippen LogP contribution in [0.1, 0.15) is 23.2 Å². The Morgan fingerprint density at radius 2 is 1.96 bits per heavy atom. The van der Waals surface area contributed by atoms with Crippen LogP contribution in [-0.4, -0.2) is 52.0 Å². The Kier molecular flexibility index (Phi) is 6.22. The third kappa shape index (κ3) is 4.59. The predicted octanol–water partition coefficient (Wildman–Crippen LogP) is 1.16. The lowest BCUT2D eigenvalue weighted by Crippen LogP contribution is -2.34. The molecule has 7 heteroatoms. The van der Waals surface area contributed by atoms with E-state index in [0.717, 1.165) is 19.4 Å². The van der Waals surface area contributed by atoms with Gasteiger partial charge in [-0.3, -0.25) is 4.79 Å². The van der Waals surface area contributed by atoms with Crippen molar-refractivity contribution >= 4 is 11.9 Å². The summed E-state index contributed by atoms with van der Waals surface area (Å²) in [7, 11) is 2.89. The second kappa shape index (κ2) is 8.38. The molecule has 1 N–H and O–H groups in total. The summed E-state index contributed by atoms with van der Waals surface area (Å²) in [5.41, 5.74) is 0.157. The standard InChI is InChI=1S/C16H21NO6/c1-20-12-6-3-7-13(21-2)15(12)16(19)23-10-14(18)17-9-11-5-4-8-22-11/h3,6-7,11H,4-5,8-10H2,1-2H3,(H,17,18)/t11-/m1/s1. The van der Waals surface area contributed by atoms with Crippen LogP contribution in [0.2, 0.25) is 0 Å². The summed E-state index contributed by atoms with van der Waals surface area (Å²) in [4.78, 5) is 23.9. The van der Waals surface area contributed by atoms with Crippen molar-refractivity contribution in [2.45, 2.75) is 18.9 Å². The van der Waals surface area contributed by atoms with Gasteiger partial charge in [-0.05, 0) is 25.0 Å². The van der Waals surface area contributed by atoms with Crippen molar-refractivity contribution in [3.05, 3.63) is 23.8 Å². The zero-order valence-corrected chi connectivity index (χ0v) is 13.3. The van der Waals surface area contributed by atoms with Gasteiger partial charge in [0.15, 0.2) is 6.61 Å². The van der Waals surface area contributed by atoms with Crippen LogP contribution in [0, 0.1) is 0 Å². The molecule has 0 bridgehead atoms. The van der Waals surface area contributed by atoms with E-state index < -0.39 is 5.97 Å². The van der Waals surface area contributed by atoms with Crippen molar-refractivity contribution in [2.24, 2.45) is 0 Å². The topological polar surface area (TPSA) is 83.1 Å². The fraction of sp³-hybridized carbons (Fsp3) is 0.500. The molecule has 2 rings (SSSR count). The van der Waals surface area contributed by atoms with E-state index in [2.05, 4.69) is 5.32 Å². The molecule has 0 saturated carbocycles. The molecule has 1 aromatic carbocycles. The molecule has 0 aliphatic carbocycles. The lowest BCUT2D eigenvalue weighted by Gasteiger charge is -2.13. The summed E-state index contributed by atoms with van der Waals surface area (Å²) in [6.45, 7) is 0.782. The van der Waals surface area contributed by atoms with Crippen LogP contribution in [0.4, 0.5) is 0 Å².